The van der Waals surface area contributed by atoms with Crippen molar-refractivity contribution in [3.63, 3.8) is 0 Å². The second-order valence-electron chi connectivity index (χ2n) is 5.35. The normalized spacial score (nSPS) is 27.0. The van der Waals surface area contributed by atoms with Crippen molar-refractivity contribution in [2.24, 2.45) is 0 Å². The Kier molecular flexibility index (Phi) is 3.54. The van der Waals surface area contributed by atoms with Gasteiger partial charge < -0.3 is 10.0 Å². The zero-order chi connectivity index (χ0) is 12.5. The lowest BCUT2D eigenvalue weighted by molar-refractivity contribution is 0.203. The molecular weight excluding hydrogens is 246 g/mol. The van der Waals surface area contributed by atoms with E-state index in [1.165, 1.54) is 32.4 Å². The lowest BCUT2D eigenvalue weighted by Gasteiger charge is -2.25. The monoisotopic (exact) mass is 267 g/mol. The van der Waals surface area contributed by atoms with Gasteiger partial charge in [-0.2, -0.15) is 0 Å². The van der Waals surface area contributed by atoms with E-state index in [4.69, 9.17) is 0 Å². The molecule has 2 atom stereocenters. The first kappa shape index (κ1) is 12.4. The summed E-state index contributed by atoms with van der Waals surface area (Å²) in [7, 11) is 0. The third-order valence-corrected chi connectivity index (χ3v) is 5.23. The van der Waals surface area contributed by atoms with Gasteiger partial charge in [0.25, 0.3) is 0 Å². The number of anilines is 1. The number of aromatic nitrogens is 1. The van der Waals surface area contributed by atoms with Crippen LogP contribution in [0.1, 0.15) is 37.2 Å². The molecule has 0 radical (unpaired) electrons. The summed E-state index contributed by atoms with van der Waals surface area (Å²) < 4.78 is 0. The van der Waals surface area contributed by atoms with Crippen molar-refractivity contribution in [1.82, 2.24) is 9.88 Å². The summed E-state index contributed by atoms with van der Waals surface area (Å²) in [6, 6.07) is 0.714. The Hall–Kier alpha value is -0.650. The second kappa shape index (κ2) is 5.15. The van der Waals surface area contributed by atoms with E-state index in [-0.39, 0.29) is 0 Å². The van der Waals surface area contributed by atoms with E-state index in [1.807, 2.05) is 6.20 Å². The molecule has 2 aliphatic rings. The third kappa shape index (κ3) is 2.39. The minimum atomic E-state index is -0.397. The quantitative estimate of drug-likeness (QED) is 0.888. The third-order valence-electron chi connectivity index (χ3n) is 4.00. The highest BCUT2D eigenvalue weighted by Gasteiger charge is 2.29. The summed E-state index contributed by atoms with van der Waals surface area (Å²) in [6.07, 6.45) is 5.31. The fourth-order valence-corrected chi connectivity index (χ4v) is 3.88. The maximum absolute atomic E-state index is 9.58. The highest BCUT2D eigenvalue weighted by atomic mass is 32.1. The lowest BCUT2D eigenvalue weighted by atomic mass is 10.2. The Morgan fingerprint density at radius 1 is 1.39 bits per heavy atom. The van der Waals surface area contributed by atoms with Gasteiger partial charge in [-0.25, -0.2) is 4.98 Å². The molecule has 1 N–H and O–H groups in total. The van der Waals surface area contributed by atoms with Crippen molar-refractivity contribution in [1.29, 1.82) is 0 Å². The van der Waals surface area contributed by atoms with Crippen molar-refractivity contribution >= 4 is 16.5 Å². The average molecular weight is 267 g/mol. The smallest absolute Gasteiger partial charge is 0.185 e. The predicted octanol–water partition coefficient (Wildman–Crippen LogP) is 1.87. The summed E-state index contributed by atoms with van der Waals surface area (Å²) in [4.78, 5) is 10.5. The Balaban J connectivity index is 1.74. The van der Waals surface area contributed by atoms with Crippen LogP contribution < -0.4 is 4.90 Å². The number of rotatable bonds is 2. The largest absolute Gasteiger partial charge is 0.388 e. The van der Waals surface area contributed by atoms with E-state index in [9.17, 15) is 5.11 Å². The summed E-state index contributed by atoms with van der Waals surface area (Å²) in [6.45, 7) is 6.51. The number of nitrogens with zero attached hydrogens (tertiary/aromatic N) is 3. The molecule has 2 saturated heterocycles. The zero-order valence-corrected chi connectivity index (χ0v) is 11.7. The van der Waals surface area contributed by atoms with Crippen LogP contribution in [-0.4, -0.2) is 47.2 Å². The molecule has 100 valence electrons. The molecule has 0 aliphatic carbocycles. The molecule has 0 aromatic carbocycles. The Labute approximate surface area is 112 Å². The van der Waals surface area contributed by atoms with Crippen molar-refractivity contribution < 1.29 is 5.11 Å². The molecule has 1 aromatic heterocycles. The molecule has 5 heteroatoms. The summed E-state index contributed by atoms with van der Waals surface area (Å²) in [5.41, 5.74) is 0. The van der Waals surface area contributed by atoms with E-state index in [0.29, 0.717) is 6.04 Å². The van der Waals surface area contributed by atoms with Gasteiger partial charge in [0.05, 0.1) is 11.0 Å². The molecule has 2 aliphatic heterocycles. The van der Waals surface area contributed by atoms with Crippen LogP contribution in [0.2, 0.25) is 0 Å². The number of thiazole rings is 1. The van der Waals surface area contributed by atoms with E-state index in [1.54, 1.807) is 18.3 Å². The van der Waals surface area contributed by atoms with Gasteiger partial charge in [-0.15, -0.1) is 0 Å². The fraction of sp³-hybridized carbons (Fsp3) is 0.769. The average Bonchev–Trinajstić information content (AvgIpc) is 2.95. The van der Waals surface area contributed by atoms with Crippen molar-refractivity contribution in [3.05, 3.63) is 11.1 Å². The number of aliphatic hydroxyl groups excluding tert-OH is 1. The van der Waals surface area contributed by atoms with Crippen molar-refractivity contribution in [2.75, 3.05) is 31.1 Å². The summed E-state index contributed by atoms with van der Waals surface area (Å²) in [5, 5.41) is 10.7. The maximum atomic E-state index is 9.58. The van der Waals surface area contributed by atoms with Crippen LogP contribution in [0.25, 0.3) is 0 Å². The molecule has 0 amide bonds. The topological polar surface area (TPSA) is 39.6 Å². The zero-order valence-electron chi connectivity index (χ0n) is 10.9. The van der Waals surface area contributed by atoms with Gasteiger partial charge in [-0.05, 0) is 32.7 Å². The number of fused-ring (bicyclic) bond motifs is 1. The van der Waals surface area contributed by atoms with Gasteiger partial charge in [0.1, 0.15) is 0 Å². The highest BCUT2D eigenvalue weighted by molar-refractivity contribution is 7.15. The van der Waals surface area contributed by atoms with Crippen LogP contribution in [0, 0.1) is 0 Å². The van der Waals surface area contributed by atoms with Crippen LogP contribution in [0.15, 0.2) is 6.20 Å². The molecule has 1 aromatic rings. The van der Waals surface area contributed by atoms with Crippen LogP contribution in [0.3, 0.4) is 0 Å². The molecular formula is C13H21N3OS. The predicted molar refractivity (Wildman–Crippen MR) is 74.2 cm³/mol. The van der Waals surface area contributed by atoms with Crippen molar-refractivity contribution in [2.45, 2.75) is 38.3 Å². The first-order valence-electron chi connectivity index (χ1n) is 6.87. The van der Waals surface area contributed by atoms with Gasteiger partial charge in [-0.3, -0.25) is 4.90 Å². The fourth-order valence-electron chi connectivity index (χ4n) is 3.00. The van der Waals surface area contributed by atoms with Crippen LogP contribution in [0.5, 0.6) is 0 Å². The Bertz CT molecular complexity index is 407. The minimum absolute atomic E-state index is 0.397. The van der Waals surface area contributed by atoms with E-state index in [0.717, 1.165) is 23.1 Å². The molecule has 3 heterocycles. The summed E-state index contributed by atoms with van der Waals surface area (Å²) in [5.74, 6) is 0. The van der Waals surface area contributed by atoms with Gasteiger partial charge in [0, 0.05) is 31.9 Å². The second-order valence-corrected chi connectivity index (χ2v) is 6.39. The Morgan fingerprint density at radius 2 is 2.22 bits per heavy atom. The highest BCUT2D eigenvalue weighted by Crippen LogP contribution is 2.30. The number of aliphatic hydroxyl groups is 1. The SMILES string of the molecule is CC(O)c1cnc(N2CCCN3CCCC3C2)s1. The molecule has 2 fully saturated rings. The van der Waals surface area contributed by atoms with Gasteiger partial charge in [-0.1, -0.05) is 11.3 Å². The van der Waals surface area contributed by atoms with Gasteiger partial charge in [0.15, 0.2) is 5.13 Å². The molecule has 3 rings (SSSR count). The molecule has 4 nitrogen and oxygen atoms in total. The van der Waals surface area contributed by atoms with E-state index < -0.39 is 6.10 Å². The van der Waals surface area contributed by atoms with Crippen molar-refractivity contribution in [3.8, 4) is 0 Å². The number of hydrogen-bond acceptors (Lipinski definition) is 5. The van der Waals surface area contributed by atoms with Gasteiger partial charge in [0.2, 0.25) is 0 Å². The molecule has 0 spiro atoms. The molecule has 0 saturated carbocycles. The standard InChI is InChI=1S/C13H21N3OS/c1-10(17)12-8-14-13(18-12)16-7-3-6-15-5-2-4-11(15)9-16/h8,10-11,17H,2-7,9H2,1H3. The molecule has 2 unspecified atom stereocenters. The van der Waals surface area contributed by atoms with Crippen LogP contribution in [0.4, 0.5) is 5.13 Å². The summed E-state index contributed by atoms with van der Waals surface area (Å²) >= 11 is 1.64. The lowest BCUT2D eigenvalue weighted by Crippen LogP contribution is -2.36. The van der Waals surface area contributed by atoms with Crippen LogP contribution in [-0.2, 0) is 0 Å². The molecule has 18 heavy (non-hydrogen) atoms. The molecule has 0 bridgehead atoms. The van der Waals surface area contributed by atoms with Crippen LogP contribution >= 0.6 is 11.3 Å². The van der Waals surface area contributed by atoms with E-state index >= 15 is 0 Å². The first-order valence-corrected chi connectivity index (χ1v) is 7.68. The van der Waals surface area contributed by atoms with Gasteiger partial charge >= 0.3 is 0 Å². The van der Waals surface area contributed by atoms with E-state index in [2.05, 4.69) is 14.8 Å². The number of hydrogen-bond donors (Lipinski definition) is 1. The first-order chi connectivity index (χ1) is 8.74. The maximum Gasteiger partial charge on any atom is 0.185 e. The Morgan fingerprint density at radius 3 is 3.00 bits per heavy atom. The minimum Gasteiger partial charge on any atom is -0.388 e.